The number of nitrogens with one attached hydrogen (secondary N) is 2. The van der Waals surface area contributed by atoms with Crippen LogP contribution in [0, 0.1) is 0 Å². The van der Waals surface area contributed by atoms with Crippen molar-refractivity contribution in [3.8, 4) is 11.5 Å². The van der Waals surface area contributed by atoms with E-state index in [1.54, 1.807) is 37.4 Å². The highest BCUT2D eigenvalue weighted by Gasteiger charge is 2.11. The predicted octanol–water partition coefficient (Wildman–Crippen LogP) is 2.38. The van der Waals surface area contributed by atoms with Gasteiger partial charge in [-0.3, -0.25) is 9.59 Å². The Morgan fingerprint density at radius 2 is 1.64 bits per heavy atom. The molecule has 0 atom stereocenters. The molecule has 0 saturated heterocycles. The second-order valence-corrected chi connectivity index (χ2v) is 5.26. The van der Waals surface area contributed by atoms with E-state index in [2.05, 4.69) is 10.6 Å². The molecule has 2 amide bonds. The fourth-order valence-electron chi connectivity index (χ4n) is 2.29. The standard InChI is InChI=1S/C19H22N2O4/c1-4-25-16-10-9-15(11-17(16)24-3)19(23)21-12-13-5-7-14(8-6-13)18(22)20-2/h5-11H,4,12H2,1-3H3,(H,20,22)(H,21,23). The number of carbonyl (C=O) groups is 2. The smallest absolute Gasteiger partial charge is 0.251 e. The minimum atomic E-state index is -0.211. The number of hydrogen-bond acceptors (Lipinski definition) is 4. The van der Waals surface area contributed by atoms with E-state index in [9.17, 15) is 9.59 Å². The molecule has 0 fully saturated rings. The molecule has 2 N–H and O–H groups in total. The summed E-state index contributed by atoms with van der Waals surface area (Å²) in [5.41, 5.74) is 1.97. The van der Waals surface area contributed by atoms with Crippen LogP contribution in [0.25, 0.3) is 0 Å². The number of amides is 2. The molecule has 0 radical (unpaired) electrons. The minimum absolute atomic E-state index is 0.142. The van der Waals surface area contributed by atoms with Gasteiger partial charge in [-0.15, -0.1) is 0 Å². The van der Waals surface area contributed by atoms with Crippen LogP contribution >= 0.6 is 0 Å². The first-order valence-electron chi connectivity index (χ1n) is 7.99. The van der Waals surface area contributed by atoms with Gasteiger partial charge in [-0.25, -0.2) is 0 Å². The molecule has 0 saturated carbocycles. The zero-order valence-corrected chi connectivity index (χ0v) is 14.6. The lowest BCUT2D eigenvalue weighted by atomic mass is 10.1. The molecule has 0 unspecified atom stereocenters. The second kappa shape index (κ2) is 8.73. The van der Waals surface area contributed by atoms with Crippen molar-refractivity contribution in [1.29, 1.82) is 0 Å². The van der Waals surface area contributed by atoms with E-state index >= 15 is 0 Å². The molecule has 6 heteroatoms. The Hall–Kier alpha value is -3.02. The van der Waals surface area contributed by atoms with Crippen LogP contribution in [0.15, 0.2) is 42.5 Å². The van der Waals surface area contributed by atoms with Crippen LogP contribution in [0.3, 0.4) is 0 Å². The number of carbonyl (C=O) groups excluding carboxylic acids is 2. The highest BCUT2D eigenvalue weighted by molar-refractivity contribution is 5.95. The molecular weight excluding hydrogens is 320 g/mol. The Kier molecular flexibility index (Phi) is 6.39. The van der Waals surface area contributed by atoms with Gasteiger partial charge in [0.1, 0.15) is 0 Å². The number of ether oxygens (including phenoxy) is 2. The topological polar surface area (TPSA) is 76.7 Å². The van der Waals surface area contributed by atoms with Crippen LogP contribution in [-0.2, 0) is 6.54 Å². The van der Waals surface area contributed by atoms with Crippen LogP contribution in [0.5, 0.6) is 11.5 Å². The molecule has 0 aromatic heterocycles. The van der Waals surface area contributed by atoms with Gasteiger partial charge in [0.2, 0.25) is 0 Å². The second-order valence-electron chi connectivity index (χ2n) is 5.26. The molecule has 2 aromatic rings. The van der Waals surface area contributed by atoms with Crippen molar-refractivity contribution in [3.05, 3.63) is 59.2 Å². The molecule has 132 valence electrons. The van der Waals surface area contributed by atoms with E-state index in [1.165, 1.54) is 7.11 Å². The van der Waals surface area contributed by atoms with Gasteiger partial charge in [0.25, 0.3) is 11.8 Å². The average molecular weight is 342 g/mol. The van der Waals surface area contributed by atoms with Gasteiger partial charge >= 0.3 is 0 Å². The highest BCUT2D eigenvalue weighted by atomic mass is 16.5. The van der Waals surface area contributed by atoms with Crippen molar-refractivity contribution >= 4 is 11.8 Å². The lowest BCUT2D eigenvalue weighted by Gasteiger charge is -2.11. The van der Waals surface area contributed by atoms with Gasteiger partial charge in [0.05, 0.1) is 13.7 Å². The Labute approximate surface area is 147 Å². The van der Waals surface area contributed by atoms with Gasteiger partial charge < -0.3 is 20.1 Å². The third kappa shape index (κ3) is 4.73. The highest BCUT2D eigenvalue weighted by Crippen LogP contribution is 2.28. The summed E-state index contributed by atoms with van der Waals surface area (Å²) in [6, 6.07) is 12.1. The zero-order chi connectivity index (χ0) is 18.2. The lowest BCUT2D eigenvalue weighted by Crippen LogP contribution is -2.23. The predicted molar refractivity (Wildman–Crippen MR) is 95.2 cm³/mol. The monoisotopic (exact) mass is 342 g/mol. The molecule has 0 heterocycles. The molecule has 0 aliphatic heterocycles. The molecule has 0 aliphatic carbocycles. The molecule has 2 rings (SSSR count). The van der Waals surface area contributed by atoms with Crippen LogP contribution in [0.1, 0.15) is 33.2 Å². The zero-order valence-electron chi connectivity index (χ0n) is 14.6. The lowest BCUT2D eigenvalue weighted by molar-refractivity contribution is 0.0945. The van der Waals surface area contributed by atoms with E-state index in [0.717, 1.165) is 5.56 Å². The Balaban J connectivity index is 2.01. The van der Waals surface area contributed by atoms with E-state index in [4.69, 9.17) is 9.47 Å². The SMILES string of the molecule is CCOc1ccc(C(=O)NCc2ccc(C(=O)NC)cc2)cc1OC. The summed E-state index contributed by atoms with van der Waals surface area (Å²) in [5.74, 6) is 0.768. The number of hydrogen-bond donors (Lipinski definition) is 2. The molecule has 2 aromatic carbocycles. The van der Waals surface area contributed by atoms with Crippen molar-refractivity contribution in [2.75, 3.05) is 20.8 Å². The van der Waals surface area contributed by atoms with Gasteiger partial charge in [-0.2, -0.15) is 0 Å². The third-order valence-corrected chi connectivity index (χ3v) is 3.62. The minimum Gasteiger partial charge on any atom is -0.493 e. The molecule has 0 aliphatic rings. The van der Waals surface area contributed by atoms with Crippen molar-refractivity contribution < 1.29 is 19.1 Å². The summed E-state index contributed by atoms with van der Waals surface area (Å²) >= 11 is 0. The Morgan fingerprint density at radius 3 is 2.24 bits per heavy atom. The van der Waals surface area contributed by atoms with Gasteiger partial charge in [-0.1, -0.05) is 12.1 Å². The van der Waals surface area contributed by atoms with Gasteiger partial charge in [0, 0.05) is 24.7 Å². The van der Waals surface area contributed by atoms with Crippen LogP contribution < -0.4 is 20.1 Å². The van der Waals surface area contributed by atoms with Crippen LogP contribution in [0.2, 0.25) is 0 Å². The maximum absolute atomic E-state index is 12.3. The first-order chi connectivity index (χ1) is 12.1. The molecule has 6 nitrogen and oxygen atoms in total. The van der Waals surface area contributed by atoms with Gasteiger partial charge in [0.15, 0.2) is 11.5 Å². The Bertz CT molecular complexity index is 742. The van der Waals surface area contributed by atoms with E-state index < -0.39 is 0 Å². The van der Waals surface area contributed by atoms with Crippen molar-refractivity contribution in [3.63, 3.8) is 0 Å². The Morgan fingerprint density at radius 1 is 0.960 bits per heavy atom. The first-order valence-corrected chi connectivity index (χ1v) is 7.99. The summed E-state index contributed by atoms with van der Waals surface area (Å²) in [5, 5.41) is 5.41. The largest absolute Gasteiger partial charge is 0.493 e. The fraction of sp³-hybridized carbons (Fsp3) is 0.263. The summed E-state index contributed by atoms with van der Waals surface area (Å²) in [7, 11) is 3.12. The summed E-state index contributed by atoms with van der Waals surface area (Å²) in [4.78, 5) is 23.8. The summed E-state index contributed by atoms with van der Waals surface area (Å²) < 4.78 is 10.7. The normalized spacial score (nSPS) is 10.0. The fourth-order valence-corrected chi connectivity index (χ4v) is 2.29. The number of rotatable bonds is 7. The maximum Gasteiger partial charge on any atom is 0.251 e. The maximum atomic E-state index is 12.3. The number of benzene rings is 2. The summed E-state index contributed by atoms with van der Waals surface area (Å²) in [6.07, 6.45) is 0. The number of methoxy groups -OCH3 is 1. The van der Waals surface area contributed by atoms with E-state index in [1.807, 2.05) is 19.1 Å². The van der Waals surface area contributed by atoms with Crippen molar-refractivity contribution in [2.24, 2.45) is 0 Å². The molecular formula is C19H22N2O4. The average Bonchev–Trinajstić information content (AvgIpc) is 2.66. The first kappa shape index (κ1) is 18.3. The van der Waals surface area contributed by atoms with E-state index in [-0.39, 0.29) is 11.8 Å². The van der Waals surface area contributed by atoms with Crippen molar-refractivity contribution in [1.82, 2.24) is 10.6 Å². The van der Waals surface area contributed by atoms with Crippen LogP contribution in [-0.4, -0.2) is 32.6 Å². The van der Waals surface area contributed by atoms with Gasteiger partial charge in [-0.05, 0) is 42.8 Å². The van der Waals surface area contributed by atoms with E-state index in [0.29, 0.717) is 35.8 Å². The molecule has 0 bridgehead atoms. The molecule has 0 spiro atoms. The van der Waals surface area contributed by atoms with Crippen LogP contribution in [0.4, 0.5) is 0 Å². The quantitative estimate of drug-likeness (QED) is 0.810. The molecule has 25 heavy (non-hydrogen) atoms. The third-order valence-electron chi connectivity index (χ3n) is 3.62. The van der Waals surface area contributed by atoms with Crippen molar-refractivity contribution in [2.45, 2.75) is 13.5 Å². The summed E-state index contributed by atoms with van der Waals surface area (Å²) in [6.45, 7) is 2.77.